The highest BCUT2D eigenvalue weighted by atomic mass is 19.1. The summed E-state index contributed by atoms with van der Waals surface area (Å²) in [6.45, 7) is 2.13. The fourth-order valence-corrected chi connectivity index (χ4v) is 2.01. The van der Waals surface area contributed by atoms with Crippen LogP contribution in [0.1, 0.15) is 30.2 Å². The highest BCUT2D eigenvalue weighted by molar-refractivity contribution is 5.21. The summed E-state index contributed by atoms with van der Waals surface area (Å²) < 4.78 is 26.3. The molecule has 0 radical (unpaired) electrons. The van der Waals surface area contributed by atoms with E-state index in [2.05, 4.69) is 5.32 Å². The van der Waals surface area contributed by atoms with Crippen molar-refractivity contribution in [2.24, 2.45) is 0 Å². The van der Waals surface area contributed by atoms with Gasteiger partial charge in [-0.3, -0.25) is 0 Å². The molecule has 0 aliphatic carbocycles. The van der Waals surface area contributed by atoms with E-state index in [0.29, 0.717) is 0 Å². The van der Waals surface area contributed by atoms with Gasteiger partial charge in [0.25, 0.3) is 0 Å². The van der Waals surface area contributed by atoms with Crippen molar-refractivity contribution in [2.75, 3.05) is 6.54 Å². The van der Waals surface area contributed by atoms with Gasteiger partial charge in [-0.1, -0.05) is 30.3 Å². The Labute approximate surface area is 117 Å². The van der Waals surface area contributed by atoms with E-state index in [0.717, 1.165) is 5.56 Å². The van der Waals surface area contributed by atoms with Crippen LogP contribution in [0, 0.1) is 11.6 Å². The molecule has 1 unspecified atom stereocenters. The second-order valence-corrected chi connectivity index (χ2v) is 4.72. The van der Waals surface area contributed by atoms with Crippen molar-refractivity contribution in [3.63, 3.8) is 0 Å². The third kappa shape index (κ3) is 3.62. The Kier molecular flexibility index (Phi) is 4.82. The van der Waals surface area contributed by atoms with Crippen LogP contribution in [0.3, 0.4) is 0 Å². The Morgan fingerprint density at radius 3 is 2.35 bits per heavy atom. The smallest absolute Gasteiger partial charge is 0.129 e. The maximum Gasteiger partial charge on any atom is 0.129 e. The summed E-state index contributed by atoms with van der Waals surface area (Å²) in [4.78, 5) is 0. The molecule has 20 heavy (non-hydrogen) atoms. The Morgan fingerprint density at radius 2 is 1.70 bits per heavy atom. The number of halogens is 2. The summed E-state index contributed by atoms with van der Waals surface area (Å²) >= 11 is 0. The number of nitrogens with one attached hydrogen (secondary N) is 1. The topological polar surface area (TPSA) is 32.3 Å². The summed E-state index contributed by atoms with van der Waals surface area (Å²) in [5.41, 5.74) is 1.18. The lowest BCUT2D eigenvalue weighted by Crippen LogP contribution is -2.25. The first-order valence-electron chi connectivity index (χ1n) is 6.49. The number of hydrogen-bond donors (Lipinski definition) is 2. The maximum atomic E-state index is 13.5. The van der Waals surface area contributed by atoms with Gasteiger partial charge < -0.3 is 10.4 Å². The molecule has 2 N–H and O–H groups in total. The van der Waals surface area contributed by atoms with Gasteiger partial charge in [0.15, 0.2) is 0 Å². The minimum absolute atomic E-state index is 0.0583. The molecule has 2 rings (SSSR count). The van der Waals surface area contributed by atoms with Gasteiger partial charge in [0.1, 0.15) is 11.6 Å². The van der Waals surface area contributed by atoms with Crippen LogP contribution in [0.5, 0.6) is 0 Å². The van der Waals surface area contributed by atoms with Crippen LogP contribution in [0.25, 0.3) is 0 Å². The molecule has 0 fully saturated rings. The monoisotopic (exact) mass is 277 g/mol. The normalized spacial score (nSPS) is 14.0. The van der Waals surface area contributed by atoms with Crippen molar-refractivity contribution in [1.82, 2.24) is 5.32 Å². The predicted octanol–water partition coefficient (Wildman–Crippen LogP) is 3.35. The van der Waals surface area contributed by atoms with Gasteiger partial charge in [-0.2, -0.15) is 0 Å². The average Bonchev–Trinajstić information content (AvgIpc) is 2.45. The van der Waals surface area contributed by atoms with Crippen molar-refractivity contribution >= 4 is 0 Å². The molecule has 0 heterocycles. The summed E-state index contributed by atoms with van der Waals surface area (Å²) in [6, 6.07) is 12.2. The van der Waals surface area contributed by atoms with E-state index in [-0.39, 0.29) is 24.0 Å². The molecule has 2 nitrogen and oxygen atoms in total. The molecular formula is C16H17F2NO. The van der Waals surface area contributed by atoms with Gasteiger partial charge in [-0.05, 0) is 30.7 Å². The zero-order valence-corrected chi connectivity index (χ0v) is 11.2. The molecule has 0 aliphatic rings. The Morgan fingerprint density at radius 1 is 1.05 bits per heavy atom. The Balaban J connectivity index is 1.95. The lowest BCUT2D eigenvalue weighted by molar-refractivity contribution is 0.166. The van der Waals surface area contributed by atoms with Gasteiger partial charge in [-0.15, -0.1) is 0 Å². The van der Waals surface area contributed by atoms with Crippen LogP contribution < -0.4 is 5.32 Å². The number of benzene rings is 2. The second-order valence-electron chi connectivity index (χ2n) is 4.72. The van der Waals surface area contributed by atoms with E-state index in [1.807, 2.05) is 6.92 Å². The van der Waals surface area contributed by atoms with Crippen LogP contribution in [0.15, 0.2) is 48.5 Å². The fourth-order valence-electron chi connectivity index (χ4n) is 2.01. The lowest BCUT2D eigenvalue weighted by atomic mass is 10.1. The minimum Gasteiger partial charge on any atom is -0.387 e. The average molecular weight is 277 g/mol. The highest BCUT2D eigenvalue weighted by Gasteiger charge is 2.13. The van der Waals surface area contributed by atoms with E-state index in [1.165, 1.54) is 18.2 Å². The van der Waals surface area contributed by atoms with E-state index in [9.17, 15) is 13.9 Å². The number of rotatable bonds is 5. The van der Waals surface area contributed by atoms with Crippen LogP contribution >= 0.6 is 0 Å². The van der Waals surface area contributed by atoms with Crippen molar-refractivity contribution in [3.8, 4) is 0 Å². The van der Waals surface area contributed by atoms with Crippen LogP contribution in [-0.2, 0) is 0 Å². The summed E-state index contributed by atoms with van der Waals surface area (Å²) in [5, 5.41) is 13.1. The zero-order valence-electron chi connectivity index (χ0n) is 11.2. The Bertz CT molecular complexity index is 557. The molecule has 2 aromatic carbocycles. The molecular weight excluding hydrogens is 260 g/mol. The first-order valence-corrected chi connectivity index (χ1v) is 6.49. The second kappa shape index (κ2) is 6.59. The SMILES string of the molecule is C[C@@H](NCC(O)c1ccccc1F)c1ccc(F)cc1. The van der Waals surface area contributed by atoms with E-state index in [4.69, 9.17) is 0 Å². The molecule has 4 heteroatoms. The van der Waals surface area contributed by atoms with E-state index >= 15 is 0 Å². The first-order chi connectivity index (χ1) is 9.58. The Hall–Kier alpha value is -1.78. The maximum absolute atomic E-state index is 13.5. The molecule has 2 atom stereocenters. The van der Waals surface area contributed by atoms with E-state index in [1.54, 1.807) is 30.3 Å². The third-order valence-corrected chi connectivity index (χ3v) is 3.25. The quantitative estimate of drug-likeness (QED) is 0.878. The van der Waals surface area contributed by atoms with Gasteiger partial charge in [0.05, 0.1) is 6.10 Å². The summed E-state index contributed by atoms with van der Waals surface area (Å²) in [6.07, 6.45) is -0.918. The highest BCUT2D eigenvalue weighted by Crippen LogP contribution is 2.18. The molecule has 0 saturated carbocycles. The standard InChI is InChI=1S/C16H17F2NO/c1-11(12-6-8-13(17)9-7-12)19-10-16(20)14-4-2-3-5-15(14)18/h2-9,11,16,19-20H,10H2,1H3/t11-,16?/m1/s1. The van der Waals surface area contributed by atoms with Gasteiger partial charge in [0, 0.05) is 18.2 Å². The molecule has 0 bridgehead atoms. The van der Waals surface area contributed by atoms with E-state index < -0.39 is 11.9 Å². The molecule has 2 aromatic rings. The molecule has 0 saturated heterocycles. The fraction of sp³-hybridized carbons (Fsp3) is 0.250. The van der Waals surface area contributed by atoms with Crippen molar-refractivity contribution in [3.05, 3.63) is 71.3 Å². The first kappa shape index (κ1) is 14.6. The van der Waals surface area contributed by atoms with Crippen molar-refractivity contribution in [2.45, 2.75) is 19.1 Å². The van der Waals surface area contributed by atoms with Crippen molar-refractivity contribution in [1.29, 1.82) is 0 Å². The zero-order chi connectivity index (χ0) is 14.5. The largest absolute Gasteiger partial charge is 0.387 e. The van der Waals surface area contributed by atoms with Crippen molar-refractivity contribution < 1.29 is 13.9 Å². The number of hydrogen-bond acceptors (Lipinski definition) is 2. The minimum atomic E-state index is -0.918. The van der Waals surface area contributed by atoms with Gasteiger partial charge in [0.2, 0.25) is 0 Å². The number of aliphatic hydroxyl groups is 1. The summed E-state index contributed by atoms with van der Waals surface area (Å²) in [7, 11) is 0. The van der Waals surface area contributed by atoms with Crippen LogP contribution in [0.2, 0.25) is 0 Å². The molecule has 0 spiro atoms. The molecule has 0 amide bonds. The summed E-state index contributed by atoms with van der Waals surface area (Å²) in [5.74, 6) is -0.705. The molecule has 0 aliphatic heterocycles. The molecule has 0 aromatic heterocycles. The third-order valence-electron chi connectivity index (χ3n) is 3.25. The molecule has 106 valence electrons. The predicted molar refractivity (Wildman–Crippen MR) is 74.2 cm³/mol. The van der Waals surface area contributed by atoms with Gasteiger partial charge >= 0.3 is 0 Å². The van der Waals surface area contributed by atoms with Crippen LogP contribution in [0.4, 0.5) is 8.78 Å². The van der Waals surface area contributed by atoms with Gasteiger partial charge in [-0.25, -0.2) is 8.78 Å². The number of aliphatic hydroxyl groups excluding tert-OH is 1. The van der Waals surface area contributed by atoms with Crippen LogP contribution in [-0.4, -0.2) is 11.7 Å². The lowest BCUT2D eigenvalue weighted by Gasteiger charge is -2.18.